The van der Waals surface area contributed by atoms with Crippen LogP contribution >= 0.6 is 12.4 Å². The van der Waals surface area contributed by atoms with Crippen LogP contribution in [-0.4, -0.2) is 4.98 Å². The van der Waals surface area contributed by atoms with E-state index in [0.717, 1.165) is 16.8 Å². The van der Waals surface area contributed by atoms with Crippen molar-refractivity contribution in [2.75, 3.05) is 0 Å². The van der Waals surface area contributed by atoms with Gasteiger partial charge in [0.05, 0.1) is 5.69 Å². The first kappa shape index (κ1) is 13.6. The molecule has 0 radical (unpaired) electrons. The molecule has 1 heterocycles. The maximum atomic E-state index is 12.7. The first-order valence-corrected chi connectivity index (χ1v) is 5.14. The minimum absolute atomic E-state index is 0. The lowest BCUT2D eigenvalue weighted by atomic mass is 10.1. The van der Waals surface area contributed by atoms with E-state index in [9.17, 15) is 4.39 Å². The highest BCUT2D eigenvalue weighted by Crippen LogP contribution is 2.19. The van der Waals surface area contributed by atoms with Gasteiger partial charge in [-0.3, -0.25) is 4.98 Å². The molecule has 0 aliphatic heterocycles. The molecule has 1 aromatic heterocycles. The Labute approximate surface area is 106 Å². The molecule has 17 heavy (non-hydrogen) atoms. The highest BCUT2D eigenvalue weighted by Gasteiger charge is 2.02. The number of hydrogen-bond donors (Lipinski definition) is 1. The Morgan fingerprint density at radius 1 is 1.06 bits per heavy atom. The molecule has 2 aromatic rings. The van der Waals surface area contributed by atoms with Crippen molar-refractivity contribution in [1.29, 1.82) is 0 Å². The molecule has 1 unspecified atom stereocenters. The molecule has 0 saturated carbocycles. The van der Waals surface area contributed by atoms with Crippen molar-refractivity contribution in [3.05, 3.63) is 54.1 Å². The largest absolute Gasteiger partial charge is 0.323 e. The van der Waals surface area contributed by atoms with Crippen LogP contribution in [0.3, 0.4) is 0 Å². The summed E-state index contributed by atoms with van der Waals surface area (Å²) in [7, 11) is 0. The number of nitrogens with two attached hydrogens (primary N) is 1. The normalized spacial score (nSPS) is 11.7. The first-order valence-electron chi connectivity index (χ1n) is 5.14. The molecule has 4 heteroatoms. The number of halogens is 2. The van der Waals surface area contributed by atoms with Gasteiger partial charge in [-0.1, -0.05) is 18.2 Å². The number of rotatable bonds is 2. The van der Waals surface area contributed by atoms with E-state index in [1.54, 1.807) is 18.3 Å². The maximum Gasteiger partial charge on any atom is 0.123 e. The van der Waals surface area contributed by atoms with Crippen LogP contribution < -0.4 is 5.73 Å². The second-order valence-electron chi connectivity index (χ2n) is 3.77. The molecule has 0 fully saturated rings. The van der Waals surface area contributed by atoms with Gasteiger partial charge in [-0.2, -0.15) is 0 Å². The van der Waals surface area contributed by atoms with Gasteiger partial charge in [0.2, 0.25) is 0 Å². The van der Waals surface area contributed by atoms with E-state index in [1.165, 1.54) is 12.1 Å². The zero-order valence-electron chi connectivity index (χ0n) is 9.43. The second-order valence-corrected chi connectivity index (χ2v) is 3.77. The number of pyridine rings is 1. The predicted molar refractivity (Wildman–Crippen MR) is 69.5 cm³/mol. The Morgan fingerprint density at radius 2 is 1.65 bits per heavy atom. The van der Waals surface area contributed by atoms with Crippen LogP contribution in [0.25, 0.3) is 11.1 Å². The lowest BCUT2D eigenvalue weighted by Crippen LogP contribution is -2.06. The van der Waals surface area contributed by atoms with Crippen molar-refractivity contribution in [2.45, 2.75) is 13.0 Å². The van der Waals surface area contributed by atoms with Gasteiger partial charge in [-0.15, -0.1) is 12.4 Å². The molecule has 1 aromatic carbocycles. The van der Waals surface area contributed by atoms with E-state index in [4.69, 9.17) is 5.73 Å². The molecular weight excluding hydrogens is 239 g/mol. The van der Waals surface area contributed by atoms with E-state index < -0.39 is 0 Å². The summed E-state index contributed by atoms with van der Waals surface area (Å²) in [5.41, 5.74) is 8.47. The zero-order valence-corrected chi connectivity index (χ0v) is 10.2. The van der Waals surface area contributed by atoms with Crippen molar-refractivity contribution in [1.82, 2.24) is 4.98 Å². The van der Waals surface area contributed by atoms with Gasteiger partial charge in [0, 0.05) is 17.8 Å². The predicted octanol–water partition coefficient (Wildman–Crippen LogP) is 3.33. The Kier molecular flexibility index (Phi) is 4.61. The van der Waals surface area contributed by atoms with Gasteiger partial charge in [-0.05, 0) is 30.7 Å². The number of nitrogens with zero attached hydrogens (tertiary/aromatic N) is 1. The van der Waals surface area contributed by atoms with Gasteiger partial charge < -0.3 is 5.73 Å². The summed E-state index contributed by atoms with van der Waals surface area (Å²) in [6, 6.07) is 10.1. The standard InChI is InChI=1S/C13H13FN2.ClH/c1-9(15)13-7-4-11(8-16-13)10-2-5-12(14)6-3-10;/h2-9H,15H2,1H3;1H. The topological polar surface area (TPSA) is 38.9 Å². The lowest BCUT2D eigenvalue weighted by molar-refractivity contribution is 0.628. The summed E-state index contributed by atoms with van der Waals surface area (Å²) in [5.74, 6) is -0.232. The molecule has 0 amide bonds. The Hall–Kier alpha value is -1.45. The van der Waals surface area contributed by atoms with E-state index in [2.05, 4.69) is 4.98 Å². The zero-order chi connectivity index (χ0) is 11.5. The SMILES string of the molecule is CC(N)c1ccc(-c2ccc(F)cc2)cn1.Cl. The first-order chi connectivity index (χ1) is 7.66. The molecule has 0 saturated heterocycles. The lowest BCUT2D eigenvalue weighted by Gasteiger charge is -2.06. The van der Waals surface area contributed by atoms with E-state index in [0.29, 0.717) is 0 Å². The molecular formula is C13H14ClFN2. The highest BCUT2D eigenvalue weighted by molar-refractivity contribution is 5.85. The molecule has 90 valence electrons. The summed E-state index contributed by atoms with van der Waals surface area (Å²) in [4.78, 5) is 4.26. The van der Waals surface area contributed by atoms with Crippen LogP contribution in [0.4, 0.5) is 4.39 Å². The third-order valence-corrected chi connectivity index (χ3v) is 2.43. The Morgan fingerprint density at radius 3 is 2.12 bits per heavy atom. The van der Waals surface area contributed by atoms with Gasteiger partial charge in [0.25, 0.3) is 0 Å². The summed E-state index contributed by atoms with van der Waals surface area (Å²) in [6.07, 6.45) is 1.76. The average Bonchev–Trinajstić information content (AvgIpc) is 2.30. The van der Waals surface area contributed by atoms with Crippen LogP contribution in [-0.2, 0) is 0 Å². The van der Waals surface area contributed by atoms with E-state index >= 15 is 0 Å². The average molecular weight is 253 g/mol. The van der Waals surface area contributed by atoms with Crippen LogP contribution in [0.15, 0.2) is 42.6 Å². The van der Waals surface area contributed by atoms with Crippen molar-refractivity contribution >= 4 is 12.4 Å². The molecule has 0 aliphatic carbocycles. The monoisotopic (exact) mass is 252 g/mol. The molecule has 0 bridgehead atoms. The third-order valence-electron chi connectivity index (χ3n) is 2.43. The molecule has 2 nitrogen and oxygen atoms in total. The van der Waals surface area contributed by atoms with Crippen LogP contribution in [0.1, 0.15) is 18.7 Å². The van der Waals surface area contributed by atoms with Crippen molar-refractivity contribution < 1.29 is 4.39 Å². The molecule has 2 N–H and O–H groups in total. The molecule has 1 atom stereocenters. The Bertz CT molecular complexity index is 466. The summed E-state index contributed by atoms with van der Waals surface area (Å²) in [5, 5.41) is 0. The summed E-state index contributed by atoms with van der Waals surface area (Å²) >= 11 is 0. The molecule has 0 spiro atoms. The summed E-state index contributed by atoms with van der Waals surface area (Å²) in [6.45, 7) is 1.89. The highest BCUT2D eigenvalue weighted by atomic mass is 35.5. The van der Waals surface area contributed by atoms with Gasteiger partial charge in [-0.25, -0.2) is 4.39 Å². The maximum absolute atomic E-state index is 12.7. The van der Waals surface area contributed by atoms with Gasteiger partial charge in [0.1, 0.15) is 5.82 Å². The number of benzene rings is 1. The van der Waals surface area contributed by atoms with E-state index in [1.807, 2.05) is 19.1 Å². The van der Waals surface area contributed by atoms with Gasteiger partial charge in [0.15, 0.2) is 0 Å². The molecule has 2 rings (SSSR count). The van der Waals surface area contributed by atoms with Crippen LogP contribution in [0.5, 0.6) is 0 Å². The number of hydrogen-bond acceptors (Lipinski definition) is 2. The fourth-order valence-corrected chi connectivity index (χ4v) is 1.49. The fourth-order valence-electron chi connectivity index (χ4n) is 1.49. The minimum Gasteiger partial charge on any atom is -0.323 e. The van der Waals surface area contributed by atoms with E-state index in [-0.39, 0.29) is 24.3 Å². The third kappa shape index (κ3) is 3.25. The summed E-state index contributed by atoms with van der Waals surface area (Å²) < 4.78 is 12.7. The van der Waals surface area contributed by atoms with Crippen molar-refractivity contribution in [3.63, 3.8) is 0 Å². The van der Waals surface area contributed by atoms with Crippen molar-refractivity contribution in [2.24, 2.45) is 5.73 Å². The van der Waals surface area contributed by atoms with Gasteiger partial charge >= 0.3 is 0 Å². The fraction of sp³-hybridized carbons (Fsp3) is 0.154. The quantitative estimate of drug-likeness (QED) is 0.890. The number of aromatic nitrogens is 1. The second kappa shape index (κ2) is 5.75. The smallest absolute Gasteiger partial charge is 0.123 e. The van der Waals surface area contributed by atoms with Crippen molar-refractivity contribution in [3.8, 4) is 11.1 Å². The molecule has 0 aliphatic rings. The Balaban J connectivity index is 0.00000144. The minimum atomic E-state index is -0.232. The van der Waals surface area contributed by atoms with Crippen LogP contribution in [0.2, 0.25) is 0 Å². The van der Waals surface area contributed by atoms with Crippen LogP contribution in [0, 0.1) is 5.82 Å².